The van der Waals surface area contributed by atoms with E-state index in [0.717, 1.165) is 5.69 Å². The number of rotatable bonds is 3. The van der Waals surface area contributed by atoms with E-state index in [-0.39, 0.29) is 10.7 Å². The molecule has 1 aromatic carbocycles. The first-order valence-electron chi connectivity index (χ1n) is 6.31. The van der Waals surface area contributed by atoms with Gasteiger partial charge in [0.25, 0.3) is 5.69 Å². The molecule has 3 N–H and O–H groups in total. The van der Waals surface area contributed by atoms with Gasteiger partial charge in [0.2, 0.25) is 0 Å². The topological polar surface area (TPSA) is 96.8 Å². The summed E-state index contributed by atoms with van der Waals surface area (Å²) in [5, 5.41) is 14.1. The molecule has 1 atom stereocenters. The molecule has 1 aromatic rings. The predicted octanol–water partition coefficient (Wildman–Crippen LogP) is 2.20. The second-order valence-corrected chi connectivity index (χ2v) is 4.70. The third-order valence-corrected chi connectivity index (χ3v) is 3.42. The number of likely N-dealkylation sites (N-methyl/N-ethyl adjacent to an activating group) is 1. The Kier molecular flexibility index (Phi) is 4.10. The third-order valence-electron chi connectivity index (χ3n) is 3.12. The van der Waals surface area contributed by atoms with Gasteiger partial charge in [0.15, 0.2) is 0 Å². The number of nitrogens with one attached hydrogen (secondary N) is 1. The lowest BCUT2D eigenvalue weighted by atomic mass is 10.1. The summed E-state index contributed by atoms with van der Waals surface area (Å²) < 4.78 is 0. The maximum Gasteiger partial charge on any atom is 0.290 e. The third kappa shape index (κ3) is 2.41. The van der Waals surface area contributed by atoms with Crippen LogP contribution >= 0.6 is 11.6 Å². The lowest BCUT2D eigenvalue weighted by Gasteiger charge is -2.37. The molecule has 1 unspecified atom stereocenters. The number of hydrogen-bond acceptors (Lipinski definition) is 5. The molecule has 8 heteroatoms. The molecule has 7 nitrogen and oxygen atoms in total. The standard InChI is InChI=1S/C12H16ClN5O2/c1-3-15-12-11(14)17(4-2)10-5-7(13)9(18(19)20)6-8(10)16-12/h5-6,11H,3-4,14H2,1-2H3,(H,15,16). The summed E-state index contributed by atoms with van der Waals surface area (Å²) in [6.45, 7) is 5.08. The minimum absolute atomic E-state index is 0.0945. The van der Waals surface area contributed by atoms with Gasteiger partial charge < -0.3 is 16.0 Å². The number of nitro groups is 1. The van der Waals surface area contributed by atoms with Crippen LogP contribution in [0.25, 0.3) is 0 Å². The van der Waals surface area contributed by atoms with Crippen LogP contribution in [0, 0.1) is 10.1 Å². The molecule has 1 heterocycles. The summed E-state index contributed by atoms with van der Waals surface area (Å²) >= 11 is 5.96. The number of nitrogens with zero attached hydrogens (tertiary/aromatic N) is 3. The number of amidine groups is 1. The normalized spacial score (nSPS) is 19.7. The minimum Gasteiger partial charge on any atom is -0.348 e. The summed E-state index contributed by atoms with van der Waals surface area (Å²) in [5.41, 5.74) is 7.34. The second-order valence-electron chi connectivity index (χ2n) is 4.29. The zero-order valence-electron chi connectivity index (χ0n) is 11.3. The Morgan fingerprint density at radius 3 is 2.80 bits per heavy atom. The molecule has 1 aliphatic heterocycles. The van der Waals surface area contributed by atoms with Crippen molar-refractivity contribution in [2.24, 2.45) is 10.7 Å². The fourth-order valence-corrected chi connectivity index (χ4v) is 2.44. The van der Waals surface area contributed by atoms with Gasteiger partial charge in [-0.2, -0.15) is 0 Å². The van der Waals surface area contributed by atoms with E-state index in [1.165, 1.54) is 6.07 Å². The SMILES string of the molecule is CCN=C1Nc2cc([N+](=O)[O-])c(Cl)cc2N(CC)C1N. The van der Waals surface area contributed by atoms with Crippen LogP contribution in [0.2, 0.25) is 5.02 Å². The summed E-state index contributed by atoms with van der Waals surface area (Å²) in [6, 6.07) is 2.98. The predicted molar refractivity (Wildman–Crippen MR) is 80.7 cm³/mol. The number of nitrogens with two attached hydrogens (primary N) is 1. The fraction of sp³-hybridized carbons (Fsp3) is 0.417. The van der Waals surface area contributed by atoms with Crippen molar-refractivity contribution >= 4 is 34.5 Å². The maximum absolute atomic E-state index is 11.0. The second kappa shape index (κ2) is 5.64. The molecule has 0 spiro atoms. The highest BCUT2D eigenvalue weighted by Crippen LogP contribution is 2.38. The number of anilines is 2. The fourth-order valence-electron chi connectivity index (χ4n) is 2.21. The number of benzene rings is 1. The molecule has 0 saturated heterocycles. The first-order valence-corrected chi connectivity index (χ1v) is 6.68. The van der Waals surface area contributed by atoms with Crippen molar-refractivity contribution in [3.63, 3.8) is 0 Å². The largest absolute Gasteiger partial charge is 0.348 e. The van der Waals surface area contributed by atoms with Gasteiger partial charge in [-0.1, -0.05) is 11.6 Å². The highest BCUT2D eigenvalue weighted by atomic mass is 35.5. The van der Waals surface area contributed by atoms with E-state index in [4.69, 9.17) is 17.3 Å². The van der Waals surface area contributed by atoms with E-state index in [9.17, 15) is 10.1 Å². The zero-order valence-corrected chi connectivity index (χ0v) is 12.0. The van der Waals surface area contributed by atoms with Crippen LogP contribution in [0.15, 0.2) is 17.1 Å². The molecule has 20 heavy (non-hydrogen) atoms. The number of fused-ring (bicyclic) bond motifs is 1. The van der Waals surface area contributed by atoms with Crippen molar-refractivity contribution in [2.75, 3.05) is 23.3 Å². The molecule has 0 aromatic heterocycles. The van der Waals surface area contributed by atoms with Crippen LogP contribution in [0.4, 0.5) is 17.1 Å². The number of halogens is 1. The van der Waals surface area contributed by atoms with Crippen molar-refractivity contribution in [1.29, 1.82) is 0 Å². The van der Waals surface area contributed by atoms with Crippen LogP contribution in [-0.2, 0) is 0 Å². The zero-order chi connectivity index (χ0) is 14.9. The smallest absolute Gasteiger partial charge is 0.290 e. The summed E-state index contributed by atoms with van der Waals surface area (Å²) in [6.07, 6.45) is -0.412. The molecule has 0 fully saturated rings. The molecule has 108 valence electrons. The van der Waals surface area contributed by atoms with Gasteiger partial charge in [0, 0.05) is 19.2 Å². The van der Waals surface area contributed by atoms with E-state index in [1.807, 2.05) is 18.7 Å². The Labute approximate surface area is 121 Å². The minimum atomic E-state index is -0.508. The molecular formula is C12H16ClN5O2. The molecule has 0 amide bonds. The van der Waals surface area contributed by atoms with Crippen LogP contribution in [0.1, 0.15) is 13.8 Å². The van der Waals surface area contributed by atoms with Crippen molar-refractivity contribution < 1.29 is 4.92 Å². The highest BCUT2D eigenvalue weighted by Gasteiger charge is 2.30. The van der Waals surface area contributed by atoms with E-state index in [0.29, 0.717) is 24.6 Å². The lowest BCUT2D eigenvalue weighted by Crippen LogP contribution is -2.53. The van der Waals surface area contributed by atoms with Crippen LogP contribution < -0.4 is 16.0 Å². The van der Waals surface area contributed by atoms with Crippen molar-refractivity contribution in [1.82, 2.24) is 0 Å². The molecule has 1 aliphatic rings. The molecular weight excluding hydrogens is 282 g/mol. The summed E-state index contributed by atoms with van der Waals surface area (Å²) in [4.78, 5) is 16.6. The average Bonchev–Trinajstić information content (AvgIpc) is 2.40. The van der Waals surface area contributed by atoms with E-state index >= 15 is 0 Å². The van der Waals surface area contributed by atoms with Gasteiger partial charge in [-0.3, -0.25) is 15.1 Å². The summed E-state index contributed by atoms with van der Waals surface area (Å²) in [7, 11) is 0. The monoisotopic (exact) mass is 297 g/mol. The maximum atomic E-state index is 11.0. The van der Waals surface area contributed by atoms with Crippen LogP contribution in [0.3, 0.4) is 0 Å². The molecule has 0 bridgehead atoms. The van der Waals surface area contributed by atoms with Crippen molar-refractivity contribution in [3.05, 3.63) is 27.3 Å². The number of aliphatic imine (C=N–C) groups is 1. The van der Waals surface area contributed by atoms with Gasteiger partial charge in [-0.05, 0) is 19.9 Å². The van der Waals surface area contributed by atoms with E-state index in [2.05, 4.69) is 10.3 Å². The van der Waals surface area contributed by atoms with E-state index in [1.54, 1.807) is 6.07 Å². The lowest BCUT2D eigenvalue weighted by molar-refractivity contribution is -0.384. The van der Waals surface area contributed by atoms with Gasteiger partial charge in [-0.25, -0.2) is 0 Å². The Morgan fingerprint density at radius 1 is 1.55 bits per heavy atom. The van der Waals surface area contributed by atoms with Gasteiger partial charge >= 0.3 is 0 Å². The molecule has 0 radical (unpaired) electrons. The highest BCUT2D eigenvalue weighted by molar-refractivity contribution is 6.33. The first kappa shape index (κ1) is 14.5. The van der Waals surface area contributed by atoms with Gasteiger partial charge in [0.05, 0.1) is 16.3 Å². The van der Waals surface area contributed by atoms with Crippen LogP contribution in [0.5, 0.6) is 0 Å². The van der Waals surface area contributed by atoms with Crippen molar-refractivity contribution in [3.8, 4) is 0 Å². The Balaban J connectivity index is 2.56. The Bertz CT molecular complexity index is 575. The van der Waals surface area contributed by atoms with E-state index < -0.39 is 11.1 Å². The molecule has 0 saturated carbocycles. The molecule has 2 rings (SSSR count). The Hall–Kier alpha value is -1.86. The molecule has 0 aliphatic carbocycles. The Morgan fingerprint density at radius 2 is 2.25 bits per heavy atom. The number of hydrogen-bond donors (Lipinski definition) is 2. The average molecular weight is 298 g/mol. The quantitative estimate of drug-likeness (QED) is 0.658. The van der Waals surface area contributed by atoms with Gasteiger partial charge in [-0.15, -0.1) is 0 Å². The first-order chi connectivity index (χ1) is 9.49. The number of nitro benzene ring substituents is 1. The van der Waals surface area contributed by atoms with Crippen molar-refractivity contribution in [2.45, 2.75) is 20.0 Å². The summed E-state index contributed by atoms with van der Waals surface area (Å²) in [5.74, 6) is 0.596. The van der Waals surface area contributed by atoms with Crippen LogP contribution in [-0.4, -0.2) is 30.0 Å². The van der Waals surface area contributed by atoms with Gasteiger partial charge in [0.1, 0.15) is 17.0 Å².